The van der Waals surface area contributed by atoms with Gasteiger partial charge in [-0.25, -0.2) is 0 Å². The summed E-state index contributed by atoms with van der Waals surface area (Å²) in [5, 5.41) is 11.9. The Labute approximate surface area is 110 Å². The summed E-state index contributed by atoms with van der Waals surface area (Å²) in [4.78, 5) is 11.9. The highest BCUT2D eigenvalue weighted by Crippen LogP contribution is 2.16. The van der Waals surface area contributed by atoms with Crippen molar-refractivity contribution in [1.82, 2.24) is 5.32 Å². The quantitative estimate of drug-likeness (QED) is 0.897. The van der Waals surface area contributed by atoms with E-state index in [-0.39, 0.29) is 17.9 Å². The molecule has 0 saturated heterocycles. The Hall–Kier alpha value is -0.870. The molecule has 0 aliphatic rings. The second kappa shape index (κ2) is 5.65. The van der Waals surface area contributed by atoms with Crippen LogP contribution < -0.4 is 5.32 Å². The van der Waals surface area contributed by atoms with Gasteiger partial charge in [0.05, 0.1) is 0 Å². The smallest absolute Gasteiger partial charge is 0.251 e. The summed E-state index contributed by atoms with van der Waals surface area (Å²) < 4.78 is 0.893. The Balaban J connectivity index is 2.70. The minimum absolute atomic E-state index is 0.0464. The van der Waals surface area contributed by atoms with Crippen LogP contribution in [0, 0.1) is 12.3 Å². The molecule has 1 amide bonds. The van der Waals surface area contributed by atoms with E-state index in [1.807, 2.05) is 32.9 Å². The molecular weight excluding hydrogens is 282 g/mol. The Morgan fingerprint density at radius 2 is 2.06 bits per heavy atom. The van der Waals surface area contributed by atoms with Crippen LogP contribution in [0.1, 0.15) is 29.8 Å². The molecular formula is C13H18BrNO2. The molecule has 0 unspecified atom stereocenters. The summed E-state index contributed by atoms with van der Waals surface area (Å²) in [7, 11) is 0. The number of benzene rings is 1. The van der Waals surface area contributed by atoms with Gasteiger partial charge in [0, 0.05) is 28.6 Å². The maximum absolute atomic E-state index is 11.9. The second-order valence-electron chi connectivity index (χ2n) is 5.02. The summed E-state index contributed by atoms with van der Waals surface area (Å²) >= 11 is 3.37. The molecule has 0 aliphatic carbocycles. The van der Waals surface area contributed by atoms with Crippen molar-refractivity contribution in [3.05, 3.63) is 33.8 Å². The third-order valence-corrected chi connectivity index (χ3v) is 2.92. The Kier molecular flexibility index (Phi) is 4.71. The van der Waals surface area contributed by atoms with Gasteiger partial charge in [-0.1, -0.05) is 29.8 Å². The van der Waals surface area contributed by atoms with Crippen LogP contribution in [0.4, 0.5) is 0 Å². The number of carbonyl (C=O) groups is 1. The number of aryl methyl sites for hydroxylation is 1. The highest BCUT2D eigenvalue weighted by molar-refractivity contribution is 9.10. The van der Waals surface area contributed by atoms with Crippen molar-refractivity contribution in [2.45, 2.75) is 20.8 Å². The van der Waals surface area contributed by atoms with Gasteiger partial charge in [0.15, 0.2) is 0 Å². The number of hydrogen-bond acceptors (Lipinski definition) is 2. The van der Waals surface area contributed by atoms with Crippen LogP contribution in [-0.2, 0) is 0 Å². The zero-order chi connectivity index (χ0) is 13.1. The number of nitrogens with one attached hydrogen (secondary N) is 1. The Bertz CT molecular complexity index is 396. The monoisotopic (exact) mass is 299 g/mol. The first kappa shape index (κ1) is 14.2. The highest BCUT2D eigenvalue weighted by atomic mass is 79.9. The molecule has 1 aromatic carbocycles. The third-order valence-electron chi connectivity index (χ3n) is 2.46. The van der Waals surface area contributed by atoms with Gasteiger partial charge in [-0.05, 0) is 30.7 Å². The molecule has 1 rings (SSSR count). The van der Waals surface area contributed by atoms with E-state index in [0.29, 0.717) is 12.1 Å². The summed E-state index contributed by atoms with van der Waals surface area (Å²) in [5.41, 5.74) is 1.37. The number of rotatable bonds is 4. The van der Waals surface area contributed by atoms with E-state index in [4.69, 9.17) is 5.11 Å². The summed E-state index contributed by atoms with van der Waals surface area (Å²) in [6.07, 6.45) is 0. The van der Waals surface area contributed by atoms with Crippen LogP contribution in [0.15, 0.2) is 22.7 Å². The number of amides is 1. The molecule has 3 nitrogen and oxygen atoms in total. The minimum atomic E-state index is -0.295. The average Bonchev–Trinajstić information content (AvgIpc) is 2.24. The van der Waals surface area contributed by atoms with Gasteiger partial charge in [0.2, 0.25) is 0 Å². The van der Waals surface area contributed by atoms with Gasteiger partial charge in [-0.2, -0.15) is 0 Å². The first-order valence-corrected chi connectivity index (χ1v) is 6.30. The normalized spacial score (nSPS) is 11.4. The topological polar surface area (TPSA) is 49.3 Å². The van der Waals surface area contributed by atoms with E-state index in [1.54, 1.807) is 6.07 Å². The molecule has 0 saturated carbocycles. The van der Waals surface area contributed by atoms with Crippen LogP contribution in [0.5, 0.6) is 0 Å². The zero-order valence-corrected chi connectivity index (χ0v) is 12.0. The first-order valence-electron chi connectivity index (χ1n) is 5.50. The van der Waals surface area contributed by atoms with Crippen LogP contribution >= 0.6 is 15.9 Å². The molecule has 4 heteroatoms. The maximum Gasteiger partial charge on any atom is 0.251 e. The molecule has 0 heterocycles. The standard InChI is InChI=1S/C13H18BrNO2/c1-9-4-10(6-11(14)5-9)12(17)15-7-13(2,3)8-16/h4-6,16H,7-8H2,1-3H3,(H,15,17). The first-order chi connectivity index (χ1) is 7.84. The van der Waals surface area contributed by atoms with Crippen LogP contribution in [0.2, 0.25) is 0 Å². The molecule has 17 heavy (non-hydrogen) atoms. The SMILES string of the molecule is Cc1cc(Br)cc(C(=O)NCC(C)(C)CO)c1. The van der Waals surface area contributed by atoms with Gasteiger partial charge in [0.25, 0.3) is 5.91 Å². The number of hydrogen-bond donors (Lipinski definition) is 2. The molecule has 0 spiro atoms. The molecule has 0 bridgehead atoms. The number of aliphatic hydroxyl groups excluding tert-OH is 1. The van der Waals surface area contributed by atoms with Crippen LogP contribution in [0.25, 0.3) is 0 Å². The van der Waals surface area contributed by atoms with Gasteiger partial charge >= 0.3 is 0 Å². The molecule has 0 aliphatic heterocycles. The van der Waals surface area contributed by atoms with E-state index in [1.165, 1.54) is 0 Å². The van der Waals surface area contributed by atoms with E-state index in [0.717, 1.165) is 10.0 Å². The summed E-state index contributed by atoms with van der Waals surface area (Å²) in [6, 6.07) is 5.58. The summed E-state index contributed by atoms with van der Waals surface area (Å²) in [5.74, 6) is -0.115. The molecule has 2 N–H and O–H groups in total. The number of carbonyl (C=O) groups excluding carboxylic acids is 1. The molecule has 0 aromatic heterocycles. The molecule has 1 aromatic rings. The van der Waals surface area contributed by atoms with Crippen molar-refractivity contribution < 1.29 is 9.90 Å². The van der Waals surface area contributed by atoms with Crippen molar-refractivity contribution in [2.75, 3.05) is 13.2 Å². The lowest BCUT2D eigenvalue weighted by molar-refractivity contribution is 0.0911. The van der Waals surface area contributed by atoms with Crippen molar-refractivity contribution in [2.24, 2.45) is 5.41 Å². The number of aliphatic hydroxyl groups is 1. The molecule has 0 radical (unpaired) electrons. The minimum Gasteiger partial charge on any atom is -0.396 e. The lowest BCUT2D eigenvalue weighted by Crippen LogP contribution is -2.36. The van der Waals surface area contributed by atoms with Crippen LogP contribution in [0.3, 0.4) is 0 Å². The van der Waals surface area contributed by atoms with Gasteiger partial charge in [-0.3, -0.25) is 4.79 Å². The largest absolute Gasteiger partial charge is 0.396 e. The average molecular weight is 300 g/mol. The molecule has 94 valence electrons. The summed E-state index contributed by atoms with van der Waals surface area (Å²) in [6.45, 7) is 6.25. The van der Waals surface area contributed by atoms with Crippen molar-refractivity contribution in [1.29, 1.82) is 0 Å². The Morgan fingerprint density at radius 1 is 1.41 bits per heavy atom. The maximum atomic E-state index is 11.9. The lowest BCUT2D eigenvalue weighted by Gasteiger charge is -2.21. The van der Waals surface area contributed by atoms with Gasteiger partial charge in [0.1, 0.15) is 0 Å². The van der Waals surface area contributed by atoms with E-state index >= 15 is 0 Å². The fourth-order valence-electron chi connectivity index (χ4n) is 1.34. The predicted molar refractivity (Wildman–Crippen MR) is 72.1 cm³/mol. The fraction of sp³-hybridized carbons (Fsp3) is 0.462. The predicted octanol–water partition coefficient (Wildman–Crippen LogP) is 2.51. The number of halogens is 1. The van der Waals surface area contributed by atoms with Gasteiger partial charge in [-0.15, -0.1) is 0 Å². The van der Waals surface area contributed by atoms with E-state index < -0.39 is 0 Å². The van der Waals surface area contributed by atoms with Crippen molar-refractivity contribution >= 4 is 21.8 Å². The third kappa shape index (κ3) is 4.48. The van der Waals surface area contributed by atoms with Crippen LogP contribution in [-0.4, -0.2) is 24.2 Å². The molecule has 0 fully saturated rings. The van der Waals surface area contributed by atoms with E-state index in [2.05, 4.69) is 21.2 Å². The zero-order valence-electron chi connectivity index (χ0n) is 10.4. The van der Waals surface area contributed by atoms with Gasteiger partial charge < -0.3 is 10.4 Å². The van der Waals surface area contributed by atoms with Crippen molar-refractivity contribution in [3.8, 4) is 0 Å². The highest BCUT2D eigenvalue weighted by Gasteiger charge is 2.18. The van der Waals surface area contributed by atoms with Crippen molar-refractivity contribution in [3.63, 3.8) is 0 Å². The molecule has 0 atom stereocenters. The lowest BCUT2D eigenvalue weighted by atomic mass is 9.95. The second-order valence-corrected chi connectivity index (χ2v) is 5.94. The Morgan fingerprint density at radius 3 is 2.59 bits per heavy atom. The van der Waals surface area contributed by atoms with E-state index in [9.17, 15) is 4.79 Å². The fourth-order valence-corrected chi connectivity index (χ4v) is 1.95.